The van der Waals surface area contributed by atoms with Crippen LogP contribution in [-0.4, -0.2) is 87.5 Å². The molecule has 498 valence electrons. The lowest BCUT2D eigenvalue weighted by atomic mass is 9.99. The highest BCUT2D eigenvalue weighted by Gasteiger charge is 2.44. The minimum atomic E-state index is -1.57. The van der Waals surface area contributed by atoms with Gasteiger partial charge in [0.15, 0.2) is 6.29 Å². The predicted molar refractivity (Wildman–Crippen MR) is 360 cm³/mol. The number of hydrogen-bond acceptors (Lipinski definition) is 8. The summed E-state index contributed by atoms with van der Waals surface area (Å²) in [5.74, 6) is -0.177. The van der Waals surface area contributed by atoms with Gasteiger partial charge in [-0.05, 0) is 32.1 Å². The molecular weight excluding hydrogens is 1040 g/mol. The second-order valence-electron chi connectivity index (χ2n) is 26.4. The van der Waals surface area contributed by atoms with Crippen molar-refractivity contribution in [3.63, 3.8) is 0 Å². The Bertz CT molecular complexity index is 1380. The Balaban J connectivity index is 2.09. The SMILES string of the molecule is CCCCCCCCCCCCCCCCCCCCCC/C=C/CC/C=C/C(O)C(COC1OC(CO)C(O)C(O)C1O)NC(=O)CCCCCCCCCCCCCCCCCCCCCCCCCCCCCCCCCCCCC. The Labute approximate surface area is 521 Å². The lowest BCUT2D eigenvalue weighted by molar-refractivity contribution is -0.302. The van der Waals surface area contributed by atoms with E-state index in [2.05, 4.69) is 31.3 Å². The Hall–Kier alpha value is -1.33. The topological polar surface area (TPSA) is 149 Å². The number of carbonyl (C=O) groups is 1. The molecule has 84 heavy (non-hydrogen) atoms. The van der Waals surface area contributed by atoms with Crippen molar-refractivity contribution in [1.82, 2.24) is 5.32 Å². The molecule has 1 amide bonds. The maximum absolute atomic E-state index is 13.1. The molecule has 1 aliphatic heterocycles. The fraction of sp³-hybridized carbons (Fsp3) is 0.933. The maximum atomic E-state index is 13.1. The summed E-state index contributed by atoms with van der Waals surface area (Å²) in [6.45, 7) is 3.83. The van der Waals surface area contributed by atoms with Crippen molar-refractivity contribution in [2.75, 3.05) is 13.2 Å². The lowest BCUT2D eigenvalue weighted by Gasteiger charge is -2.40. The normalized spacial score (nSPS) is 18.2. The molecule has 7 unspecified atom stereocenters. The molecule has 1 saturated heterocycles. The van der Waals surface area contributed by atoms with Gasteiger partial charge in [0.05, 0.1) is 25.4 Å². The molecule has 0 aromatic carbocycles. The van der Waals surface area contributed by atoms with Crippen LogP contribution in [-0.2, 0) is 14.3 Å². The van der Waals surface area contributed by atoms with Crippen molar-refractivity contribution >= 4 is 5.91 Å². The summed E-state index contributed by atoms with van der Waals surface area (Å²) in [6, 6.07) is -0.820. The summed E-state index contributed by atoms with van der Waals surface area (Å²) in [7, 11) is 0. The Kier molecular flexibility index (Phi) is 62.1. The van der Waals surface area contributed by atoms with Crippen LogP contribution in [0.1, 0.15) is 393 Å². The minimum absolute atomic E-state index is 0.177. The van der Waals surface area contributed by atoms with Crippen molar-refractivity contribution in [1.29, 1.82) is 0 Å². The predicted octanol–water partition coefficient (Wildman–Crippen LogP) is 20.8. The van der Waals surface area contributed by atoms with Crippen LogP contribution < -0.4 is 5.32 Å². The van der Waals surface area contributed by atoms with Gasteiger partial charge >= 0.3 is 0 Å². The molecule has 0 saturated carbocycles. The summed E-state index contributed by atoms with van der Waals surface area (Å²) in [4.78, 5) is 13.1. The third-order valence-corrected chi connectivity index (χ3v) is 18.3. The molecule has 1 aliphatic rings. The zero-order valence-corrected chi connectivity index (χ0v) is 55.9. The van der Waals surface area contributed by atoms with Gasteiger partial charge in [0, 0.05) is 6.42 Å². The number of aliphatic hydroxyl groups is 5. The molecule has 9 nitrogen and oxygen atoms in total. The number of carbonyl (C=O) groups excluding carboxylic acids is 1. The maximum Gasteiger partial charge on any atom is 0.220 e. The Morgan fingerprint density at radius 1 is 0.393 bits per heavy atom. The third kappa shape index (κ3) is 52.6. The summed E-state index contributed by atoms with van der Waals surface area (Å²) < 4.78 is 11.3. The van der Waals surface area contributed by atoms with Crippen LogP contribution >= 0.6 is 0 Å². The van der Waals surface area contributed by atoms with E-state index in [4.69, 9.17) is 9.47 Å². The summed E-state index contributed by atoms with van der Waals surface area (Å²) in [5.41, 5.74) is 0. The van der Waals surface area contributed by atoms with Crippen molar-refractivity contribution in [2.24, 2.45) is 0 Å². The molecule has 1 heterocycles. The highest BCUT2D eigenvalue weighted by Crippen LogP contribution is 2.24. The molecule has 1 fully saturated rings. The van der Waals surface area contributed by atoms with E-state index in [1.54, 1.807) is 6.08 Å². The first-order valence-corrected chi connectivity index (χ1v) is 37.6. The van der Waals surface area contributed by atoms with Crippen molar-refractivity contribution in [3.05, 3.63) is 24.3 Å². The lowest BCUT2D eigenvalue weighted by Crippen LogP contribution is -2.60. The van der Waals surface area contributed by atoms with Gasteiger partial charge in [-0.1, -0.05) is 378 Å². The first kappa shape index (κ1) is 80.7. The fourth-order valence-electron chi connectivity index (χ4n) is 12.4. The molecule has 0 bridgehead atoms. The summed E-state index contributed by atoms with van der Waals surface area (Å²) in [5, 5.41) is 54.8. The number of rotatable bonds is 67. The van der Waals surface area contributed by atoms with Gasteiger partial charge in [-0.15, -0.1) is 0 Å². The van der Waals surface area contributed by atoms with Gasteiger partial charge in [-0.2, -0.15) is 0 Å². The van der Waals surface area contributed by atoms with Crippen molar-refractivity contribution in [3.8, 4) is 0 Å². The van der Waals surface area contributed by atoms with Gasteiger partial charge in [0.2, 0.25) is 5.91 Å². The third-order valence-electron chi connectivity index (χ3n) is 18.3. The number of allylic oxidation sites excluding steroid dienone is 3. The summed E-state index contributed by atoms with van der Waals surface area (Å²) in [6.07, 6.45) is 78.9. The zero-order chi connectivity index (χ0) is 60.7. The first-order valence-electron chi connectivity index (χ1n) is 37.6. The minimum Gasteiger partial charge on any atom is -0.394 e. The molecule has 0 spiro atoms. The van der Waals surface area contributed by atoms with Crippen LogP contribution in [0.4, 0.5) is 0 Å². The number of ether oxygens (including phenoxy) is 2. The smallest absolute Gasteiger partial charge is 0.220 e. The van der Waals surface area contributed by atoms with Crippen LogP contribution in [0.25, 0.3) is 0 Å². The van der Waals surface area contributed by atoms with Crippen LogP contribution in [0.15, 0.2) is 24.3 Å². The number of hydrogen-bond donors (Lipinski definition) is 6. The Morgan fingerprint density at radius 2 is 0.679 bits per heavy atom. The highest BCUT2D eigenvalue weighted by molar-refractivity contribution is 5.76. The highest BCUT2D eigenvalue weighted by atomic mass is 16.7. The standard InChI is InChI=1S/C75H145NO8/c1-3-5-7-9-11-13-15-17-19-21-23-25-27-29-31-32-33-34-35-36-37-38-39-41-43-45-47-49-51-53-55-57-59-61-63-65-71(79)76-68(67-83-75-74(82)73(81)72(80)70(66-77)84-75)69(78)64-62-60-58-56-54-52-50-48-46-44-42-40-30-28-26-24-22-20-18-16-14-12-10-8-6-4-2/h54,56,62,64,68-70,72-75,77-78,80-82H,3-53,55,57-61,63,65-67H2,1-2H3,(H,76,79)/b56-54+,64-62+. The van der Waals surface area contributed by atoms with E-state index in [0.717, 1.165) is 38.5 Å². The molecule has 1 rings (SSSR count). The molecular formula is C75H145NO8. The van der Waals surface area contributed by atoms with Crippen LogP contribution in [0.5, 0.6) is 0 Å². The Morgan fingerprint density at radius 3 is 1.00 bits per heavy atom. The zero-order valence-electron chi connectivity index (χ0n) is 55.9. The molecule has 0 aromatic heterocycles. The number of nitrogens with one attached hydrogen (secondary N) is 1. The van der Waals surface area contributed by atoms with Gasteiger partial charge in [0.1, 0.15) is 24.4 Å². The average Bonchev–Trinajstić information content (AvgIpc) is 3.69. The van der Waals surface area contributed by atoms with E-state index < -0.39 is 49.5 Å². The molecule has 0 aliphatic carbocycles. The fourth-order valence-corrected chi connectivity index (χ4v) is 12.4. The average molecular weight is 1190 g/mol. The molecule has 9 heteroatoms. The number of amides is 1. The number of unbranched alkanes of at least 4 members (excludes halogenated alkanes) is 55. The molecule has 0 aromatic rings. The van der Waals surface area contributed by atoms with Crippen molar-refractivity contribution in [2.45, 2.75) is 436 Å². The van der Waals surface area contributed by atoms with Crippen LogP contribution in [0.2, 0.25) is 0 Å². The van der Waals surface area contributed by atoms with Gasteiger partial charge in [0.25, 0.3) is 0 Å². The van der Waals surface area contributed by atoms with Crippen molar-refractivity contribution < 1.29 is 39.8 Å². The van der Waals surface area contributed by atoms with Crippen LogP contribution in [0, 0.1) is 0 Å². The first-order chi connectivity index (χ1) is 41.3. The second-order valence-corrected chi connectivity index (χ2v) is 26.4. The van der Waals surface area contributed by atoms with Gasteiger partial charge in [-0.3, -0.25) is 4.79 Å². The van der Waals surface area contributed by atoms with E-state index >= 15 is 0 Å². The van der Waals surface area contributed by atoms with E-state index in [1.165, 1.54) is 334 Å². The van der Waals surface area contributed by atoms with E-state index in [9.17, 15) is 30.3 Å². The van der Waals surface area contributed by atoms with Gasteiger partial charge < -0.3 is 40.3 Å². The molecule has 7 atom stereocenters. The quantitative estimate of drug-likeness (QED) is 0.0261. The molecule has 0 radical (unpaired) electrons. The van der Waals surface area contributed by atoms with E-state index in [1.807, 2.05) is 6.08 Å². The summed E-state index contributed by atoms with van der Waals surface area (Å²) >= 11 is 0. The van der Waals surface area contributed by atoms with E-state index in [0.29, 0.717) is 6.42 Å². The van der Waals surface area contributed by atoms with Gasteiger partial charge in [-0.25, -0.2) is 0 Å². The largest absolute Gasteiger partial charge is 0.394 e. The second kappa shape index (κ2) is 64.6. The van der Waals surface area contributed by atoms with Crippen LogP contribution in [0.3, 0.4) is 0 Å². The monoisotopic (exact) mass is 1190 g/mol. The van der Waals surface area contributed by atoms with E-state index in [-0.39, 0.29) is 12.5 Å². The number of aliphatic hydroxyl groups excluding tert-OH is 5. The molecule has 6 N–H and O–H groups in total.